The third kappa shape index (κ3) is 6.24. The third-order valence-corrected chi connectivity index (χ3v) is 1.31. The van der Waals surface area contributed by atoms with Crippen LogP contribution in [-0.2, 0) is 4.74 Å². The van der Waals surface area contributed by atoms with E-state index >= 15 is 0 Å². The SMILES string of the molecule is CCOC(=O)N(C)CCC(F)(F)F. The molecule has 1 amide bonds. The predicted molar refractivity (Wildman–Crippen MR) is 40.3 cm³/mol. The summed E-state index contributed by atoms with van der Waals surface area (Å²) in [5.74, 6) is 0. The van der Waals surface area contributed by atoms with E-state index in [0.717, 1.165) is 4.90 Å². The minimum Gasteiger partial charge on any atom is -0.450 e. The number of hydrogen-bond acceptors (Lipinski definition) is 2. The van der Waals surface area contributed by atoms with Crippen molar-refractivity contribution in [1.29, 1.82) is 0 Å². The molecule has 0 aromatic heterocycles. The first-order valence-corrected chi connectivity index (χ1v) is 3.81. The monoisotopic (exact) mass is 199 g/mol. The number of rotatable bonds is 3. The zero-order valence-electron chi connectivity index (χ0n) is 7.52. The van der Waals surface area contributed by atoms with Gasteiger partial charge in [0.1, 0.15) is 0 Å². The van der Waals surface area contributed by atoms with Gasteiger partial charge in [0.25, 0.3) is 0 Å². The van der Waals surface area contributed by atoms with Crippen molar-refractivity contribution in [2.24, 2.45) is 0 Å². The van der Waals surface area contributed by atoms with Crippen LogP contribution in [0, 0.1) is 0 Å². The second-order valence-corrected chi connectivity index (χ2v) is 2.49. The Morgan fingerprint density at radius 2 is 2.00 bits per heavy atom. The Bertz CT molecular complexity index is 170. The zero-order valence-corrected chi connectivity index (χ0v) is 7.52. The lowest BCUT2D eigenvalue weighted by Crippen LogP contribution is -2.31. The van der Waals surface area contributed by atoms with Crippen molar-refractivity contribution < 1.29 is 22.7 Å². The topological polar surface area (TPSA) is 29.5 Å². The van der Waals surface area contributed by atoms with E-state index < -0.39 is 18.7 Å². The van der Waals surface area contributed by atoms with Gasteiger partial charge in [-0.05, 0) is 6.92 Å². The molecule has 0 N–H and O–H groups in total. The van der Waals surface area contributed by atoms with Crippen LogP contribution in [0.3, 0.4) is 0 Å². The van der Waals surface area contributed by atoms with E-state index in [-0.39, 0.29) is 13.2 Å². The summed E-state index contributed by atoms with van der Waals surface area (Å²) in [6.45, 7) is 1.38. The van der Waals surface area contributed by atoms with Crippen LogP contribution < -0.4 is 0 Å². The molecule has 0 aliphatic heterocycles. The van der Waals surface area contributed by atoms with E-state index in [1.165, 1.54) is 7.05 Å². The Balaban J connectivity index is 3.74. The quantitative estimate of drug-likeness (QED) is 0.696. The van der Waals surface area contributed by atoms with Crippen molar-refractivity contribution in [3.63, 3.8) is 0 Å². The number of amides is 1. The molecule has 0 radical (unpaired) electrons. The van der Waals surface area contributed by atoms with Gasteiger partial charge in [-0.3, -0.25) is 0 Å². The van der Waals surface area contributed by atoms with Crippen LogP contribution in [0.1, 0.15) is 13.3 Å². The fourth-order valence-corrected chi connectivity index (χ4v) is 0.619. The number of hydrogen-bond donors (Lipinski definition) is 0. The van der Waals surface area contributed by atoms with Gasteiger partial charge in [-0.2, -0.15) is 13.2 Å². The van der Waals surface area contributed by atoms with Crippen LogP contribution in [0.5, 0.6) is 0 Å². The number of ether oxygens (including phenoxy) is 1. The molecular formula is C7H12F3NO2. The molecule has 0 saturated carbocycles. The Kier molecular flexibility index (Phi) is 4.58. The lowest BCUT2D eigenvalue weighted by atomic mass is 10.4. The highest BCUT2D eigenvalue weighted by molar-refractivity contribution is 5.67. The van der Waals surface area contributed by atoms with Gasteiger partial charge >= 0.3 is 12.3 Å². The Hall–Kier alpha value is -0.940. The fourth-order valence-electron chi connectivity index (χ4n) is 0.619. The van der Waals surface area contributed by atoms with E-state index in [4.69, 9.17) is 0 Å². The molecule has 0 unspecified atom stereocenters. The summed E-state index contributed by atoms with van der Waals surface area (Å²) in [7, 11) is 1.27. The molecule has 13 heavy (non-hydrogen) atoms. The Morgan fingerprint density at radius 1 is 1.46 bits per heavy atom. The first kappa shape index (κ1) is 12.1. The number of halogens is 3. The smallest absolute Gasteiger partial charge is 0.409 e. The van der Waals surface area contributed by atoms with Gasteiger partial charge in [-0.1, -0.05) is 0 Å². The summed E-state index contributed by atoms with van der Waals surface area (Å²) in [6.07, 6.45) is -5.98. The Morgan fingerprint density at radius 3 is 2.38 bits per heavy atom. The maximum absolute atomic E-state index is 11.7. The van der Waals surface area contributed by atoms with Crippen molar-refractivity contribution in [3.05, 3.63) is 0 Å². The van der Waals surface area contributed by atoms with Crippen molar-refractivity contribution in [1.82, 2.24) is 4.90 Å². The summed E-state index contributed by atoms with van der Waals surface area (Å²) in [5, 5.41) is 0. The minimum atomic E-state index is -4.24. The summed E-state index contributed by atoms with van der Waals surface area (Å²) in [4.78, 5) is 11.7. The number of nitrogens with zero attached hydrogens (tertiary/aromatic N) is 1. The maximum atomic E-state index is 11.7. The van der Waals surface area contributed by atoms with E-state index in [1.807, 2.05) is 0 Å². The standard InChI is InChI=1S/C7H12F3NO2/c1-3-13-6(12)11(2)5-4-7(8,9)10/h3-5H2,1-2H3. The molecule has 0 aliphatic rings. The summed E-state index contributed by atoms with van der Waals surface area (Å²) in [5.41, 5.74) is 0. The fraction of sp³-hybridized carbons (Fsp3) is 0.857. The van der Waals surface area contributed by atoms with Gasteiger partial charge in [-0.25, -0.2) is 4.79 Å². The molecule has 0 aromatic rings. The molecule has 0 bridgehead atoms. The van der Waals surface area contributed by atoms with Crippen molar-refractivity contribution in [3.8, 4) is 0 Å². The molecule has 0 saturated heterocycles. The van der Waals surface area contributed by atoms with Gasteiger partial charge in [0.05, 0.1) is 13.0 Å². The van der Waals surface area contributed by atoms with E-state index in [0.29, 0.717) is 0 Å². The summed E-state index contributed by atoms with van der Waals surface area (Å²) < 4.78 is 39.5. The first-order chi connectivity index (χ1) is 5.87. The molecule has 0 rings (SSSR count). The van der Waals surface area contributed by atoms with Crippen LogP contribution in [0.25, 0.3) is 0 Å². The predicted octanol–water partition coefficient (Wildman–Crippen LogP) is 2.03. The summed E-state index contributed by atoms with van der Waals surface area (Å²) >= 11 is 0. The van der Waals surface area contributed by atoms with Crippen molar-refractivity contribution in [2.45, 2.75) is 19.5 Å². The molecule has 0 aromatic carbocycles. The van der Waals surface area contributed by atoms with Gasteiger partial charge in [-0.15, -0.1) is 0 Å². The maximum Gasteiger partial charge on any atom is 0.409 e. The molecule has 6 heteroatoms. The molecule has 78 valence electrons. The van der Waals surface area contributed by atoms with E-state index in [9.17, 15) is 18.0 Å². The normalized spacial score (nSPS) is 11.2. The largest absolute Gasteiger partial charge is 0.450 e. The average Bonchev–Trinajstić information content (AvgIpc) is 1.99. The highest BCUT2D eigenvalue weighted by Gasteiger charge is 2.28. The second kappa shape index (κ2) is 4.94. The number of carbonyl (C=O) groups excluding carboxylic acids is 1. The second-order valence-electron chi connectivity index (χ2n) is 2.49. The van der Waals surface area contributed by atoms with Crippen LogP contribution in [0.2, 0.25) is 0 Å². The summed E-state index contributed by atoms with van der Waals surface area (Å²) in [6, 6.07) is 0. The number of carbonyl (C=O) groups is 1. The van der Waals surface area contributed by atoms with Crippen LogP contribution in [0.4, 0.5) is 18.0 Å². The van der Waals surface area contributed by atoms with E-state index in [2.05, 4.69) is 4.74 Å². The van der Waals surface area contributed by atoms with Gasteiger partial charge in [0, 0.05) is 13.6 Å². The van der Waals surface area contributed by atoms with Crippen LogP contribution in [-0.4, -0.2) is 37.4 Å². The molecule has 0 fully saturated rings. The first-order valence-electron chi connectivity index (χ1n) is 3.81. The molecule has 3 nitrogen and oxygen atoms in total. The third-order valence-electron chi connectivity index (χ3n) is 1.31. The average molecular weight is 199 g/mol. The lowest BCUT2D eigenvalue weighted by Gasteiger charge is -2.16. The molecule has 0 spiro atoms. The molecule has 0 heterocycles. The molecule has 0 aliphatic carbocycles. The van der Waals surface area contributed by atoms with Gasteiger partial charge < -0.3 is 9.64 Å². The number of alkyl halides is 3. The van der Waals surface area contributed by atoms with Crippen LogP contribution in [0.15, 0.2) is 0 Å². The highest BCUT2D eigenvalue weighted by Crippen LogP contribution is 2.19. The molecule has 0 atom stereocenters. The van der Waals surface area contributed by atoms with Crippen LogP contribution >= 0.6 is 0 Å². The zero-order chi connectivity index (χ0) is 10.5. The highest BCUT2D eigenvalue weighted by atomic mass is 19.4. The van der Waals surface area contributed by atoms with E-state index in [1.54, 1.807) is 6.92 Å². The minimum absolute atomic E-state index is 0.162. The van der Waals surface area contributed by atoms with Gasteiger partial charge in [0.2, 0.25) is 0 Å². The molecular weight excluding hydrogens is 187 g/mol. The van der Waals surface area contributed by atoms with Crippen molar-refractivity contribution in [2.75, 3.05) is 20.2 Å². The Labute approximate surface area is 74.5 Å². The van der Waals surface area contributed by atoms with Crippen molar-refractivity contribution >= 4 is 6.09 Å². The lowest BCUT2D eigenvalue weighted by molar-refractivity contribution is -0.136. The van der Waals surface area contributed by atoms with Gasteiger partial charge in [0.15, 0.2) is 0 Å².